The Morgan fingerprint density at radius 1 is 1.38 bits per heavy atom. The van der Waals surface area contributed by atoms with Gasteiger partial charge in [0, 0.05) is 18.6 Å². The molecule has 0 saturated carbocycles. The van der Waals surface area contributed by atoms with Gasteiger partial charge in [0.15, 0.2) is 0 Å². The van der Waals surface area contributed by atoms with E-state index in [0.29, 0.717) is 24.4 Å². The van der Waals surface area contributed by atoms with Crippen LogP contribution in [0.5, 0.6) is 0 Å². The Morgan fingerprint density at radius 3 is 2.75 bits per heavy atom. The molecule has 0 aliphatic heterocycles. The third-order valence-electron chi connectivity index (χ3n) is 3.58. The zero-order valence-corrected chi connectivity index (χ0v) is 14.2. The van der Waals surface area contributed by atoms with Crippen LogP contribution < -0.4 is 5.32 Å². The van der Waals surface area contributed by atoms with E-state index in [1.807, 2.05) is 20.8 Å². The molecule has 24 heavy (non-hydrogen) atoms. The average Bonchev–Trinajstić information content (AvgIpc) is 2.98. The molecule has 0 bridgehead atoms. The standard InChI is InChI=1S/C17H23FN4O2/c1-11(2)16-20-15(17(24)19-12(3)6-5-9-23)21-22(16)14-8-4-7-13(18)10-14/h4,7-8,10-12,23H,5-6,9H2,1-3H3,(H,19,24). The van der Waals surface area contributed by atoms with Crippen molar-refractivity contribution in [2.24, 2.45) is 0 Å². The van der Waals surface area contributed by atoms with Crippen molar-refractivity contribution < 1.29 is 14.3 Å². The molecule has 0 spiro atoms. The average molecular weight is 334 g/mol. The van der Waals surface area contributed by atoms with Crippen LogP contribution in [0.3, 0.4) is 0 Å². The molecule has 0 fully saturated rings. The highest BCUT2D eigenvalue weighted by molar-refractivity contribution is 5.90. The van der Waals surface area contributed by atoms with E-state index in [1.165, 1.54) is 16.8 Å². The second-order valence-corrected chi connectivity index (χ2v) is 6.08. The van der Waals surface area contributed by atoms with E-state index in [-0.39, 0.29) is 36.1 Å². The summed E-state index contributed by atoms with van der Waals surface area (Å²) in [6, 6.07) is 5.92. The molecule has 0 saturated heterocycles. The van der Waals surface area contributed by atoms with Gasteiger partial charge in [-0.1, -0.05) is 19.9 Å². The maximum Gasteiger partial charge on any atom is 0.291 e. The lowest BCUT2D eigenvalue weighted by molar-refractivity contribution is 0.0926. The number of amides is 1. The number of nitrogens with one attached hydrogen (secondary N) is 1. The third kappa shape index (κ3) is 4.38. The number of carbonyl (C=O) groups excluding carboxylic acids is 1. The second kappa shape index (κ2) is 8.01. The first-order valence-electron chi connectivity index (χ1n) is 8.07. The molecule has 1 amide bonds. The normalized spacial score (nSPS) is 12.4. The Kier molecular flexibility index (Phi) is 6.03. The largest absolute Gasteiger partial charge is 0.396 e. The van der Waals surface area contributed by atoms with Gasteiger partial charge in [0.2, 0.25) is 5.82 Å². The lowest BCUT2D eigenvalue weighted by Crippen LogP contribution is -2.33. The van der Waals surface area contributed by atoms with E-state index in [1.54, 1.807) is 12.1 Å². The molecule has 1 atom stereocenters. The molecule has 6 nitrogen and oxygen atoms in total. The number of halogens is 1. The van der Waals surface area contributed by atoms with Crippen LogP contribution >= 0.6 is 0 Å². The summed E-state index contributed by atoms with van der Waals surface area (Å²) in [5.41, 5.74) is 0.526. The molecule has 2 N–H and O–H groups in total. The summed E-state index contributed by atoms with van der Waals surface area (Å²) in [5.74, 6) is -0.0828. The molecular formula is C17H23FN4O2. The number of hydrogen-bond donors (Lipinski definition) is 2. The monoisotopic (exact) mass is 334 g/mol. The van der Waals surface area contributed by atoms with Crippen molar-refractivity contribution in [2.45, 2.75) is 45.6 Å². The van der Waals surface area contributed by atoms with Crippen LogP contribution in [0, 0.1) is 5.82 Å². The van der Waals surface area contributed by atoms with Gasteiger partial charge in [0.25, 0.3) is 5.91 Å². The van der Waals surface area contributed by atoms with Gasteiger partial charge in [-0.3, -0.25) is 4.79 Å². The van der Waals surface area contributed by atoms with Gasteiger partial charge >= 0.3 is 0 Å². The minimum Gasteiger partial charge on any atom is -0.396 e. The number of carbonyl (C=O) groups is 1. The van der Waals surface area contributed by atoms with Crippen LogP contribution in [-0.4, -0.2) is 38.4 Å². The molecule has 1 aromatic heterocycles. The summed E-state index contributed by atoms with van der Waals surface area (Å²) in [6.45, 7) is 5.82. The maximum atomic E-state index is 13.5. The van der Waals surface area contributed by atoms with Crippen molar-refractivity contribution in [2.75, 3.05) is 6.61 Å². The highest BCUT2D eigenvalue weighted by Gasteiger charge is 2.20. The van der Waals surface area contributed by atoms with E-state index in [4.69, 9.17) is 5.11 Å². The van der Waals surface area contributed by atoms with Crippen molar-refractivity contribution in [1.82, 2.24) is 20.1 Å². The van der Waals surface area contributed by atoms with Gasteiger partial charge in [0.1, 0.15) is 11.6 Å². The minimum absolute atomic E-state index is 0.0223. The van der Waals surface area contributed by atoms with Crippen LogP contribution in [0.15, 0.2) is 24.3 Å². The van der Waals surface area contributed by atoms with Crippen molar-refractivity contribution >= 4 is 5.91 Å². The van der Waals surface area contributed by atoms with Gasteiger partial charge < -0.3 is 10.4 Å². The van der Waals surface area contributed by atoms with Crippen LogP contribution in [0.25, 0.3) is 5.69 Å². The molecule has 0 radical (unpaired) electrons. The molecule has 2 aromatic rings. The number of nitrogens with zero attached hydrogens (tertiary/aromatic N) is 3. The van der Waals surface area contributed by atoms with E-state index in [2.05, 4.69) is 15.4 Å². The fourth-order valence-electron chi connectivity index (χ4n) is 2.35. The van der Waals surface area contributed by atoms with Crippen LogP contribution in [0.2, 0.25) is 0 Å². The van der Waals surface area contributed by atoms with Gasteiger partial charge in [-0.05, 0) is 38.0 Å². The SMILES string of the molecule is CC(CCCO)NC(=O)c1nc(C(C)C)n(-c2cccc(F)c2)n1. The topological polar surface area (TPSA) is 80.0 Å². The number of aromatic nitrogens is 3. The number of aliphatic hydroxyl groups excluding tert-OH is 1. The summed E-state index contributed by atoms with van der Waals surface area (Å²) in [4.78, 5) is 16.6. The molecule has 0 aliphatic carbocycles. The number of benzene rings is 1. The van der Waals surface area contributed by atoms with Gasteiger partial charge in [-0.15, -0.1) is 5.10 Å². The molecule has 1 aromatic carbocycles. The van der Waals surface area contributed by atoms with E-state index >= 15 is 0 Å². The summed E-state index contributed by atoms with van der Waals surface area (Å²) in [7, 11) is 0. The molecular weight excluding hydrogens is 311 g/mol. The summed E-state index contributed by atoms with van der Waals surface area (Å²) in [6.07, 6.45) is 1.29. The van der Waals surface area contributed by atoms with Crippen molar-refractivity contribution in [1.29, 1.82) is 0 Å². The molecule has 0 aliphatic rings. The van der Waals surface area contributed by atoms with Crippen LogP contribution in [0.1, 0.15) is 56.0 Å². The predicted molar refractivity (Wildman–Crippen MR) is 88.7 cm³/mol. The number of aliphatic hydroxyl groups is 1. The minimum atomic E-state index is -0.377. The van der Waals surface area contributed by atoms with E-state index < -0.39 is 0 Å². The molecule has 1 unspecified atom stereocenters. The lowest BCUT2D eigenvalue weighted by atomic mass is 10.2. The van der Waals surface area contributed by atoms with Gasteiger partial charge in [0.05, 0.1) is 5.69 Å². The van der Waals surface area contributed by atoms with Crippen molar-refractivity contribution in [3.8, 4) is 5.69 Å². The third-order valence-corrected chi connectivity index (χ3v) is 3.58. The van der Waals surface area contributed by atoms with Gasteiger partial charge in [-0.25, -0.2) is 14.1 Å². The molecule has 2 rings (SSSR count). The quantitative estimate of drug-likeness (QED) is 0.815. The first-order chi connectivity index (χ1) is 11.4. The Balaban J connectivity index is 2.26. The Bertz CT molecular complexity index is 700. The lowest BCUT2D eigenvalue weighted by Gasteiger charge is -2.11. The smallest absolute Gasteiger partial charge is 0.291 e. The fourth-order valence-corrected chi connectivity index (χ4v) is 2.35. The first kappa shape index (κ1) is 18.1. The second-order valence-electron chi connectivity index (χ2n) is 6.08. The highest BCUT2D eigenvalue weighted by Crippen LogP contribution is 2.18. The van der Waals surface area contributed by atoms with Crippen LogP contribution in [-0.2, 0) is 0 Å². The molecule has 1 heterocycles. The maximum absolute atomic E-state index is 13.5. The zero-order valence-electron chi connectivity index (χ0n) is 14.2. The van der Waals surface area contributed by atoms with E-state index in [9.17, 15) is 9.18 Å². The van der Waals surface area contributed by atoms with Gasteiger partial charge in [-0.2, -0.15) is 0 Å². The molecule has 130 valence electrons. The summed E-state index contributed by atoms with van der Waals surface area (Å²) < 4.78 is 15.0. The Hall–Kier alpha value is -2.28. The van der Waals surface area contributed by atoms with Crippen molar-refractivity contribution in [3.63, 3.8) is 0 Å². The molecule has 7 heteroatoms. The van der Waals surface area contributed by atoms with Crippen LogP contribution in [0.4, 0.5) is 4.39 Å². The first-order valence-corrected chi connectivity index (χ1v) is 8.07. The zero-order chi connectivity index (χ0) is 17.7. The van der Waals surface area contributed by atoms with E-state index in [0.717, 1.165) is 0 Å². The Labute approximate surface area is 140 Å². The summed E-state index contributed by atoms with van der Waals surface area (Å²) in [5, 5.41) is 15.9. The highest BCUT2D eigenvalue weighted by atomic mass is 19.1. The fraction of sp³-hybridized carbons (Fsp3) is 0.471. The number of hydrogen-bond acceptors (Lipinski definition) is 4. The summed E-state index contributed by atoms with van der Waals surface area (Å²) >= 11 is 0. The number of rotatable bonds is 7. The van der Waals surface area contributed by atoms with Crippen molar-refractivity contribution in [3.05, 3.63) is 41.7 Å². The Morgan fingerprint density at radius 2 is 2.12 bits per heavy atom. The predicted octanol–water partition coefficient (Wildman–Crippen LogP) is 2.42.